The maximum atomic E-state index is 4.70. The number of piperazine rings is 1. The SMILES string of the molecule is c1ccc(-c2ccnc(N3CCN(c4ncnc5nc[nH]c45)CC3)n2)nc1. The zero-order valence-corrected chi connectivity index (χ0v) is 14.5. The number of aromatic nitrogens is 7. The molecule has 27 heavy (non-hydrogen) atoms. The number of nitrogens with one attached hydrogen (secondary N) is 1. The van der Waals surface area contributed by atoms with Gasteiger partial charge in [-0.3, -0.25) is 4.98 Å². The molecule has 9 heteroatoms. The molecule has 0 radical (unpaired) electrons. The van der Waals surface area contributed by atoms with E-state index in [9.17, 15) is 0 Å². The number of rotatable bonds is 3. The van der Waals surface area contributed by atoms with Gasteiger partial charge in [0.15, 0.2) is 11.5 Å². The van der Waals surface area contributed by atoms with Crippen LogP contribution in [0, 0.1) is 0 Å². The van der Waals surface area contributed by atoms with Gasteiger partial charge in [-0.05, 0) is 18.2 Å². The Bertz CT molecular complexity index is 1050. The van der Waals surface area contributed by atoms with Crippen LogP contribution in [0.4, 0.5) is 11.8 Å². The fourth-order valence-electron chi connectivity index (χ4n) is 3.27. The summed E-state index contributed by atoms with van der Waals surface area (Å²) in [5.74, 6) is 1.62. The van der Waals surface area contributed by atoms with Gasteiger partial charge in [0.05, 0.1) is 17.7 Å². The lowest BCUT2D eigenvalue weighted by Crippen LogP contribution is -2.47. The number of anilines is 2. The van der Waals surface area contributed by atoms with Crippen molar-refractivity contribution in [1.29, 1.82) is 0 Å². The highest BCUT2D eigenvalue weighted by molar-refractivity contribution is 5.82. The normalized spacial score (nSPS) is 14.7. The molecule has 0 spiro atoms. The fourth-order valence-corrected chi connectivity index (χ4v) is 3.27. The third-order valence-electron chi connectivity index (χ3n) is 4.64. The van der Waals surface area contributed by atoms with Crippen LogP contribution in [0.25, 0.3) is 22.6 Å². The van der Waals surface area contributed by atoms with Crippen molar-refractivity contribution >= 4 is 22.9 Å². The van der Waals surface area contributed by atoms with Gasteiger partial charge in [0.2, 0.25) is 5.95 Å². The van der Waals surface area contributed by atoms with Crippen LogP contribution < -0.4 is 9.80 Å². The average Bonchev–Trinajstić information content (AvgIpc) is 3.24. The van der Waals surface area contributed by atoms with Gasteiger partial charge in [-0.1, -0.05) is 6.07 Å². The van der Waals surface area contributed by atoms with Crippen LogP contribution >= 0.6 is 0 Å². The molecule has 5 rings (SSSR count). The van der Waals surface area contributed by atoms with E-state index in [1.54, 1.807) is 25.0 Å². The molecule has 0 bridgehead atoms. The molecule has 0 unspecified atom stereocenters. The zero-order valence-electron chi connectivity index (χ0n) is 14.5. The van der Waals surface area contributed by atoms with Crippen LogP contribution in [0.15, 0.2) is 49.3 Å². The highest BCUT2D eigenvalue weighted by Crippen LogP contribution is 2.22. The van der Waals surface area contributed by atoms with E-state index in [0.717, 1.165) is 54.8 Å². The molecule has 0 aliphatic carbocycles. The molecule has 4 aromatic heterocycles. The highest BCUT2D eigenvalue weighted by Gasteiger charge is 2.22. The quantitative estimate of drug-likeness (QED) is 0.588. The van der Waals surface area contributed by atoms with Crippen molar-refractivity contribution in [3.05, 3.63) is 49.3 Å². The number of H-pyrrole nitrogens is 1. The summed E-state index contributed by atoms with van der Waals surface area (Å²) in [4.78, 5) is 33.9. The number of aromatic amines is 1. The van der Waals surface area contributed by atoms with E-state index in [0.29, 0.717) is 5.65 Å². The van der Waals surface area contributed by atoms with E-state index < -0.39 is 0 Å². The first kappa shape index (κ1) is 15.6. The second kappa shape index (κ2) is 6.60. The summed E-state index contributed by atoms with van der Waals surface area (Å²) < 4.78 is 0. The standard InChI is InChI=1S/C18H17N9/c1-2-5-19-13(3-1)14-4-6-20-18(25-14)27-9-7-26(8-10-27)17-15-16(22-11-21-15)23-12-24-17/h1-6,11-12H,7-10H2,(H,21,22,23,24). The first-order chi connectivity index (χ1) is 13.4. The van der Waals surface area contributed by atoms with Crippen molar-refractivity contribution in [2.24, 2.45) is 0 Å². The van der Waals surface area contributed by atoms with E-state index in [1.807, 2.05) is 24.3 Å². The highest BCUT2D eigenvalue weighted by atomic mass is 15.3. The van der Waals surface area contributed by atoms with Crippen LogP contribution in [-0.2, 0) is 0 Å². The summed E-state index contributed by atoms with van der Waals surface area (Å²) >= 11 is 0. The van der Waals surface area contributed by atoms with Gasteiger partial charge in [0.1, 0.15) is 11.8 Å². The summed E-state index contributed by atoms with van der Waals surface area (Å²) in [5, 5.41) is 0. The lowest BCUT2D eigenvalue weighted by Gasteiger charge is -2.35. The summed E-state index contributed by atoms with van der Waals surface area (Å²) in [6.07, 6.45) is 6.77. The molecule has 5 heterocycles. The minimum absolute atomic E-state index is 0.689. The van der Waals surface area contributed by atoms with Crippen molar-refractivity contribution < 1.29 is 0 Å². The Morgan fingerprint density at radius 1 is 0.778 bits per heavy atom. The second-order valence-electron chi connectivity index (χ2n) is 6.23. The van der Waals surface area contributed by atoms with Gasteiger partial charge in [0.25, 0.3) is 0 Å². The Balaban J connectivity index is 1.34. The predicted molar refractivity (Wildman–Crippen MR) is 101 cm³/mol. The molecule has 0 atom stereocenters. The predicted octanol–water partition coefficient (Wildman–Crippen LogP) is 1.53. The van der Waals surface area contributed by atoms with Crippen molar-refractivity contribution in [2.45, 2.75) is 0 Å². The number of fused-ring (bicyclic) bond motifs is 1. The van der Waals surface area contributed by atoms with E-state index in [4.69, 9.17) is 4.98 Å². The molecule has 1 fully saturated rings. The summed E-state index contributed by atoms with van der Waals surface area (Å²) in [6.45, 7) is 3.27. The molecular formula is C18H17N9. The molecule has 1 N–H and O–H groups in total. The van der Waals surface area contributed by atoms with Crippen molar-refractivity contribution in [1.82, 2.24) is 34.9 Å². The Morgan fingerprint density at radius 2 is 1.67 bits per heavy atom. The van der Waals surface area contributed by atoms with E-state index in [-0.39, 0.29) is 0 Å². The Hall–Kier alpha value is -3.62. The maximum absolute atomic E-state index is 4.70. The molecule has 9 nitrogen and oxygen atoms in total. The van der Waals surface area contributed by atoms with Crippen molar-refractivity contribution in [2.75, 3.05) is 36.0 Å². The number of hydrogen-bond acceptors (Lipinski definition) is 8. The van der Waals surface area contributed by atoms with Gasteiger partial charge in [-0.2, -0.15) is 0 Å². The molecule has 0 aromatic carbocycles. The summed E-state index contributed by atoms with van der Waals surface area (Å²) in [5.41, 5.74) is 3.24. The lowest BCUT2D eigenvalue weighted by molar-refractivity contribution is 0.636. The maximum Gasteiger partial charge on any atom is 0.226 e. The molecule has 134 valence electrons. The van der Waals surface area contributed by atoms with Crippen LogP contribution in [0.2, 0.25) is 0 Å². The van der Waals surface area contributed by atoms with Crippen LogP contribution in [-0.4, -0.2) is 61.1 Å². The minimum Gasteiger partial charge on any atom is -0.351 e. The monoisotopic (exact) mass is 359 g/mol. The fraction of sp³-hybridized carbons (Fsp3) is 0.222. The molecule has 1 aliphatic heterocycles. The smallest absolute Gasteiger partial charge is 0.226 e. The van der Waals surface area contributed by atoms with Crippen LogP contribution in [0.3, 0.4) is 0 Å². The topological polar surface area (TPSA) is 99.6 Å². The van der Waals surface area contributed by atoms with Gasteiger partial charge >= 0.3 is 0 Å². The van der Waals surface area contributed by atoms with Crippen LogP contribution in [0.5, 0.6) is 0 Å². The van der Waals surface area contributed by atoms with Gasteiger partial charge in [0, 0.05) is 38.6 Å². The second-order valence-corrected chi connectivity index (χ2v) is 6.23. The molecule has 0 saturated carbocycles. The van der Waals surface area contributed by atoms with E-state index in [1.165, 1.54) is 0 Å². The van der Waals surface area contributed by atoms with Gasteiger partial charge in [-0.25, -0.2) is 24.9 Å². The van der Waals surface area contributed by atoms with Crippen LogP contribution in [0.1, 0.15) is 0 Å². The lowest BCUT2D eigenvalue weighted by atomic mass is 10.2. The summed E-state index contributed by atoms with van der Waals surface area (Å²) in [7, 11) is 0. The molecule has 0 amide bonds. The van der Waals surface area contributed by atoms with Crippen molar-refractivity contribution in [3.63, 3.8) is 0 Å². The molecule has 1 aliphatic rings. The van der Waals surface area contributed by atoms with Gasteiger partial charge < -0.3 is 14.8 Å². The van der Waals surface area contributed by atoms with Crippen molar-refractivity contribution in [3.8, 4) is 11.4 Å². The first-order valence-electron chi connectivity index (χ1n) is 8.77. The third kappa shape index (κ3) is 2.92. The Morgan fingerprint density at radius 3 is 2.52 bits per heavy atom. The number of nitrogens with zero attached hydrogens (tertiary/aromatic N) is 8. The van der Waals surface area contributed by atoms with E-state index >= 15 is 0 Å². The number of hydrogen-bond donors (Lipinski definition) is 1. The summed E-state index contributed by atoms with van der Waals surface area (Å²) in [6, 6.07) is 7.70. The zero-order chi connectivity index (χ0) is 18.1. The molecule has 4 aromatic rings. The van der Waals surface area contributed by atoms with Gasteiger partial charge in [-0.15, -0.1) is 0 Å². The number of imidazole rings is 1. The Kier molecular flexibility index (Phi) is 3.82. The number of pyridine rings is 1. The molecule has 1 saturated heterocycles. The van der Waals surface area contributed by atoms with E-state index in [2.05, 4.69) is 39.7 Å². The minimum atomic E-state index is 0.689. The Labute approximate surface area is 155 Å². The molecular weight excluding hydrogens is 342 g/mol. The first-order valence-corrected chi connectivity index (χ1v) is 8.77. The average molecular weight is 359 g/mol. The largest absolute Gasteiger partial charge is 0.351 e. The third-order valence-corrected chi connectivity index (χ3v) is 4.64.